The number of thiophene rings is 1. The Labute approximate surface area is 93.3 Å². The second-order valence-electron chi connectivity index (χ2n) is 3.84. The monoisotopic (exact) mass is 225 g/mol. The van der Waals surface area contributed by atoms with Crippen molar-refractivity contribution < 1.29 is 9.90 Å². The third-order valence-electron chi connectivity index (χ3n) is 2.87. The summed E-state index contributed by atoms with van der Waals surface area (Å²) in [6.07, 6.45) is 3.08. The number of carbonyl (C=O) groups is 1. The first-order valence-electron chi connectivity index (χ1n) is 5.27. The summed E-state index contributed by atoms with van der Waals surface area (Å²) in [5.74, 6) is 0.0648. The topological polar surface area (TPSA) is 40.5 Å². The fraction of sp³-hybridized carbons (Fsp3) is 0.545. The number of carbonyl (C=O) groups excluding carboxylic acids is 1. The van der Waals surface area contributed by atoms with Crippen molar-refractivity contribution in [2.75, 3.05) is 13.2 Å². The molecule has 0 aliphatic carbocycles. The molecular weight excluding hydrogens is 210 g/mol. The fourth-order valence-corrected chi connectivity index (χ4v) is 2.64. The van der Waals surface area contributed by atoms with Crippen molar-refractivity contribution in [3.05, 3.63) is 22.4 Å². The Morgan fingerprint density at radius 1 is 1.60 bits per heavy atom. The maximum atomic E-state index is 12.1. The van der Waals surface area contributed by atoms with Crippen LogP contribution >= 0.6 is 11.3 Å². The van der Waals surface area contributed by atoms with Crippen LogP contribution in [-0.2, 0) is 0 Å². The number of hydrogen-bond donors (Lipinski definition) is 1. The van der Waals surface area contributed by atoms with Crippen molar-refractivity contribution in [1.82, 2.24) is 4.90 Å². The number of piperidine rings is 1. The van der Waals surface area contributed by atoms with Gasteiger partial charge in [-0.3, -0.25) is 4.79 Å². The Kier molecular flexibility index (Phi) is 3.38. The third kappa shape index (κ3) is 2.21. The molecule has 2 heterocycles. The molecule has 0 saturated carbocycles. The highest BCUT2D eigenvalue weighted by Gasteiger charge is 2.26. The van der Waals surface area contributed by atoms with E-state index >= 15 is 0 Å². The standard InChI is InChI=1S/C11H15NO2S/c13-7-10-3-1-2-5-12(10)11(14)9-4-6-15-8-9/h4,6,8,10,13H,1-3,5,7H2/t10-/m0/s1. The molecule has 0 bridgehead atoms. The molecule has 3 nitrogen and oxygen atoms in total. The normalized spacial score (nSPS) is 21.7. The number of rotatable bonds is 2. The van der Waals surface area contributed by atoms with Crippen LogP contribution < -0.4 is 0 Å². The molecule has 0 spiro atoms. The van der Waals surface area contributed by atoms with Gasteiger partial charge < -0.3 is 10.0 Å². The van der Waals surface area contributed by atoms with Crippen molar-refractivity contribution in [2.45, 2.75) is 25.3 Å². The van der Waals surface area contributed by atoms with E-state index in [1.807, 2.05) is 21.7 Å². The number of aliphatic hydroxyl groups is 1. The second kappa shape index (κ2) is 4.77. The zero-order chi connectivity index (χ0) is 10.7. The second-order valence-corrected chi connectivity index (χ2v) is 4.62. The van der Waals surface area contributed by atoms with Gasteiger partial charge in [-0.1, -0.05) is 0 Å². The minimum absolute atomic E-state index is 0.0196. The van der Waals surface area contributed by atoms with Gasteiger partial charge in [0.05, 0.1) is 18.2 Å². The molecule has 0 unspecified atom stereocenters. The summed E-state index contributed by atoms with van der Waals surface area (Å²) in [6, 6.07) is 1.86. The van der Waals surface area contributed by atoms with Crippen LogP contribution in [0, 0.1) is 0 Å². The summed E-state index contributed by atoms with van der Waals surface area (Å²) in [5, 5.41) is 13.0. The van der Waals surface area contributed by atoms with Crippen LogP contribution in [0.2, 0.25) is 0 Å². The van der Waals surface area contributed by atoms with Crippen LogP contribution in [0.5, 0.6) is 0 Å². The number of likely N-dealkylation sites (tertiary alicyclic amines) is 1. The summed E-state index contributed by atoms with van der Waals surface area (Å²) in [5.41, 5.74) is 0.750. The van der Waals surface area contributed by atoms with Crippen molar-refractivity contribution in [2.24, 2.45) is 0 Å². The van der Waals surface area contributed by atoms with E-state index in [0.29, 0.717) is 0 Å². The van der Waals surface area contributed by atoms with Gasteiger partial charge in [0.15, 0.2) is 0 Å². The molecular formula is C11H15NO2S. The highest BCUT2D eigenvalue weighted by molar-refractivity contribution is 7.08. The average molecular weight is 225 g/mol. The van der Waals surface area contributed by atoms with Crippen LogP contribution in [0.3, 0.4) is 0 Å². The van der Waals surface area contributed by atoms with Gasteiger partial charge in [0.25, 0.3) is 5.91 Å². The highest BCUT2D eigenvalue weighted by Crippen LogP contribution is 2.20. The van der Waals surface area contributed by atoms with E-state index in [4.69, 9.17) is 0 Å². The van der Waals surface area contributed by atoms with Crippen LogP contribution in [0.25, 0.3) is 0 Å². The minimum Gasteiger partial charge on any atom is -0.394 e. The molecule has 1 fully saturated rings. The molecule has 1 aromatic rings. The molecule has 0 aromatic carbocycles. The summed E-state index contributed by atoms with van der Waals surface area (Å²) < 4.78 is 0. The lowest BCUT2D eigenvalue weighted by molar-refractivity contribution is 0.0503. The first-order valence-corrected chi connectivity index (χ1v) is 6.21. The van der Waals surface area contributed by atoms with E-state index in [9.17, 15) is 9.90 Å². The molecule has 1 aromatic heterocycles. The maximum Gasteiger partial charge on any atom is 0.255 e. The molecule has 1 aliphatic rings. The van der Waals surface area contributed by atoms with Crippen LogP contribution in [0.4, 0.5) is 0 Å². The summed E-state index contributed by atoms with van der Waals surface area (Å²) in [6.45, 7) is 0.857. The lowest BCUT2D eigenvalue weighted by Crippen LogP contribution is -2.45. The quantitative estimate of drug-likeness (QED) is 0.832. The van der Waals surface area contributed by atoms with E-state index in [1.165, 1.54) is 11.3 Å². The molecule has 4 heteroatoms. The maximum absolute atomic E-state index is 12.1. The van der Waals surface area contributed by atoms with Crippen LogP contribution in [0.15, 0.2) is 16.8 Å². The Balaban J connectivity index is 2.11. The van der Waals surface area contributed by atoms with Gasteiger partial charge >= 0.3 is 0 Å². The minimum atomic E-state index is 0.0196. The smallest absolute Gasteiger partial charge is 0.255 e. The summed E-state index contributed by atoms with van der Waals surface area (Å²) >= 11 is 1.53. The van der Waals surface area contributed by atoms with Crippen LogP contribution in [0.1, 0.15) is 29.6 Å². The number of aliphatic hydroxyl groups excluding tert-OH is 1. The van der Waals surface area contributed by atoms with Gasteiger partial charge in [0, 0.05) is 11.9 Å². The van der Waals surface area contributed by atoms with Gasteiger partial charge in [-0.15, -0.1) is 0 Å². The highest BCUT2D eigenvalue weighted by atomic mass is 32.1. The Hall–Kier alpha value is -0.870. The SMILES string of the molecule is O=C(c1ccsc1)N1CCCC[C@H]1CO. The Morgan fingerprint density at radius 3 is 3.13 bits per heavy atom. The third-order valence-corrected chi connectivity index (χ3v) is 3.55. The van der Waals surface area contributed by atoms with E-state index in [2.05, 4.69) is 0 Å². The number of hydrogen-bond acceptors (Lipinski definition) is 3. The van der Waals surface area contributed by atoms with E-state index < -0.39 is 0 Å². The predicted molar refractivity (Wildman–Crippen MR) is 60.1 cm³/mol. The van der Waals surface area contributed by atoms with Gasteiger partial charge in [-0.05, 0) is 30.7 Å². The van der Waals surface area contributed by atoms with Gasteiger partial charge in [-0.25, -0.2) is 0 Å². The molecule has 15 heavy (non-hydrogen) atoms. The molecule has 1 amide bonds. The molecule has 82 valence electrons. The van der Waals surface area contributed by atoms with Gasteiger partial charge in [-0.2, -0.15) is 11.3 Å². The Morgan fingerprint density at radius 2 is 2.47 bits per heavy atom. The molecule has 0 radical (unpaired) electrons. The van der Waals surface area contributed by atoms with Crippen LogP contribution in [-0.4, -0.2) is 35.1 Å². The first-order chi connectivity index (χ1) is 7.33. The molecule has 1 aliphatic heterocycles. The summed E-state index contributed by atoms with van der Waals surface area (Å²) in [4.78, 5) is 13.9. The average Bonchev–Trinajstić information content (AvgIpc) is 2.81. The molecule has 1 N–H and O–H groups in total. The molecule has 1 saturated heterocycles. The summed E-state index contributed by atoms with van der Waals surface area (Å²) in [7, 11) is 0. The van der Waals surface area contributed by atoms with Gasteiger partial charge in [0.1, 0.15) is 0 Å². The lowest BCUT2D eigenvalue weighted by atomic mass is 10.0. The van der Waals surface area contributed by atoms with Crippen molar-refractivity contribution in [3.8, 4) is 0 Å². The van der Waals surface area contributed by atoms with Crippen molar-refractivity contribution in [3.63, 3.8) is 0 Å². The van der Waals surface area contributed by atoms with E-state index in [1.54, 1.807) is 0 Å². The van der Waals surface area contributed by atoms with E-state index in [-0.39, 0.29) is 18.6 Å². The fourth-order valence-electron chi connectivity index (χ4n) is 2.01. The number of amides is 1. The van der Waals surface area contributed by atoms with Gasteiger partial charge in [0.2, 0.25) is 0 Å². The Bertz CT molecular complexity index is 323. The largest absolute Gasteiger partial charge is 0.394 e. The molecule has 2 rings (SSSR count). The lowest BCUT2D eigenvalue weighted by Gasteiger charge is -2.34. The van der Waals surface area contributed by atoms with E-state index in [0.717, 1.165) is 31.4 Å². The zero-order valence-electron chi connectivity index (χ0n) is 8.56. The van der Waals surface area contributed by atoms with Crippen molar-refractivity contribution in [1.29, 1.82) is 0 Å². The number of nitrogens with zero attached hydrogens (tertiary/aromatic N) is 1. The molecule has 1 atom stereocenters. The van der Waals surface area contributed by atoms with Crippen molar-refractivity contribution >= 4 is 17.2 Å². The first kappa shape index (κ1) is 10.6. The predicted octanol–water partition coefficient (Wildman–Crippen LogP) is 1.74. The zero-order valence-corrected chi connectivity index (χ0v) is 9.37.